The molecule has 7 heteroatoms. The van der Waals surface area contributed by atoms with Crippen LogP contribution in [-0.2, 0) is 6.42 Å². The first-order chi connectivity index (χ1) is 13.5. The SMILES string of the molecule is Cc1nnc(C(=O)Nc2ccc(C(=O)N[C@H](C)CCc3ccccc3)cc2)s1. The van der Waals surface area contributed by atoms with Gasteiger partial charge in [0, 0.05) is 17.3 Å². The summed E-state index contributed by atoms with van der Waals surface area (Å²) in [6.07, 6.45) is 1.78. The molecule has 2 N–H and O–H groups in total. The Hall–Kier alpha value is -3.06. The van der Waals surface area contributed by atoms with E-state index < -0.39 is 0 Å². The van der Waals surface area contributed by atoms with Gasteiger partial charge in [0.05, 0.1) is 0 Å². The zero-order valence-corrected chi connectivity index (χ0v) is 16.6. The number of carbonyl (C=O) groups excluding carboxylic acids is 2. The molecular formula is C21H22N4O2S. The quantitative estimate of drug-likeness (QED) is 0.637. The average Bonchev–Trinajstić information content (AvgIpc) is 3.14. The first-order valence-electron chi connectivity index (χ1n) is 9.07. The van der Waals surface area contributed by atoms with Crippen LogP contribution in [0.25, 0.3) is 0 Å². The van der Waals surface area contributed by atoms with Crippen LogP contribution in [0.2, 0.25) is 0 Å². The smallest absolute Gasteiger partial charge is 0.286 e. The zero-order chi connectivity index (χ0) is 19.9. The fraction of sp³-hybridized carbons (Fsp3) is 0.238. The van der Waals surface area contributed by atoms with Crippen LogP contribution in [0.1, 0.15) is 44.1 Å². The van der Waals surface area contributed by atoms with Crippen molar-refractivity contribution in [2.24, 2.45) is 0 Å². The Balaban J connectivity index is 1.51. The van der Waals surface area contributed by atoms with E-state index in [2.05, 4.69) is 33.0 Å². The molecule has 0 saturated carbocycles. The minimum Gasteiger partial charge on any atom is -0.350 e. The maximum Gasteiger partial charge on any atom is 0.286 e. The van der Waals surface area contributed by atoms with Crippen LogP contribution in [-0.4, -0.2) is 28.1 Å². The third kappa shape index (κ3) is 5.47. The van der Waals surface area contributed by atoms with Crippen molar-refractivity contribution in [2.45, 2.75) is 32.7 Å². The minimum absolute atomic E-state index is 0.0627. The third-order valence-corrected chi connectivity index (χ3v) is 5.05. The summed E-state index contributed by atoms with van der Waals surface area (Å²) in [5, 5.41) is 14.5. The lowest BCUT2D eigenvalue weighted by atomic mass is 10.1. The first kappa shape index (κ1) is 19.7. The van der Waals surface area contributed by atoms with Crippen molar-refractivity contribution in [2.75, 3.05) is 5.32 Å². The topological polar surface area (TPSA) is 84.0 Å². The molecule has 0 unspecified atom stereocenters. The maximum absolute atomic E-state index is 12.4. The van der Waals surface area contributed by atoms with Gasteiger partial charge in [0.2, 0.25) is 5.01 Å². The Labute approximate surface area is 168 Å². The largest absolute Gasteiger partial charge is 0.350 e. The van der Waals surface area contributed by atoms with Gasteiger partial charge in [-0.25, -0.2) is 0 Å². The second kappa shape index (κ2) is 9.23. The van der Waals surface area contributed by atoms with E-state index in [-0.39, 0.29) is 17.9 Å². The molecule has 6 nitrogen and oxygen atoms in total. The van der Waals surface area contributed by atoms with Crippen molar-refractivity contribution in [3.05, 3.63) is 75.7 Å². The van der Waals surface area contributed by atoms with Gasteiger partial charge in [-0.05, 0) is 56.5 Å². The summed E-state index contributed by atoms with van der Waals surface area (Å²) >= 11 is 1.23. The number of nitrogens with one attached hydrogen (secondary N) is 2. The standard InChI is InChI=1S/C21H22N4O2S/c1-14(8-9-16-6-4-3-5-7-16)22-19(26)17-10-12-18(13-11-17)23-20(27)21-25-24-15(2)28-21/h3-7,10-14H,8-9H2,1-2H3,(H,22,26)(H,23,27)/t14-/m1/s1. The Morgan fingerprint density at radius 3 is 2.36 bits per heavy atom. The number of benzene rings is 2. The second-order valence-corrected chi connectivity index (χ2v) is 7.74. The molecule has 1 heterocycles. The van der Waals surface area contributed by atoms with E-state index in [0.717, 1.165) is 17.8 Å². The molecule has 28 heavy (non-hydrogen) atoms. The molecule has 2 amide bonds. The molecule has 0 bridgehead atoms. The van der Waals surface area contributed by atoms with Crippen LogP contribution in [0.4, 0.5) is 5.69 Å². The summed E-state index contributed by atoms with van der Waals surface area (Å²) in [4.78, 5) is 24.5. The number of carbonyl (C=O) groups is 2. The average molecular weight is 395 g/mol. The van der Waals surface area contributed by atoms with E-state index in [9.17, 15) is 9.59 Å². The molecule has 1 atom stereocenters. The predicted molar refractivity (Wildman–Crippen MR) is 111 cm³/mol. The van der Waals surface area contributed by atoms with Gasteiger partial charge in [-0.15, -0.1) is 10.2 Å². The van der Waals surface area contributed by atoms with Gasteiger partial charge in [0.1, 0.15) is 5.01 Å². The molecular weight excluding hydrogens is 372 g/mol. The number of hydrogen-bond acceptors (Lipinski definition) is 5. The number of nitrogens with zero attached hydrogens (tertiary/aromatic N) is 2. The van der Waals surface area contributed by atoms with Crippen molar-refractivity contribution in [1.29, 1.82) is 0 Å². The highest BCUT2D eigenvalue weighted by atomic mass is 32.1. The zero-order valence-electron chi connectivity index (χ0n) is 15.8. The maximum atomic E-state index is 12.4. The van der Waals surface area contributed by atoms with E-state index >= 15 is 0 Å². The van der Waals surface area contributed by atoms with Crippen molar-refractivity contribution in [3.8, 4) is 0 Å². The first-order valence-corrected chi connectivity index (χ1v) is 9.89. The van der Waals surface area contributed by atoms with Crippen molar-refractivity contribution < 1.29 is 9.59 Å². The molecule has 0 spiro atoms. The molecule has 0 aliphatic heterocycles. The summed E-state index contributed by atoms with van der Waals surface area (Å²) in [6.45, 7) is 3.79. The Morgan fingerprint density at radius 1 is 1.00 bits per heavy atom. The number of aromatic nitrogens is 2. The number of anilines is 1. The van der Waals surface area contributed by atoms with Crippen LogP contribution in [0.3, 0.4) is 0 Å². The van der Waals surface area contributed by atoms with E-state index in [1.807, 2.05) is 25.1 Å². The molecule has 144 valence electrons. The lowest BCUT2D eigenvalue weighted by Gasteiger charge is -2.14. The van der Waals surface area contributed by atoms with Crippen LogP contribution in [0.5, 0.6) is 0 Å². The van der Waals surface area contributed by atoms with Gasteiger partial charge in [-0.2, -0.15) is 0 Å². The Morgan fingerprint density at radius 2 is 1.71 bits per heavy atom. The lowest BCUT2D eigenvalue weighted by Crippen LogP contribution is -2.32. The molecule has 0 radical (unpaired) electrons. The van der Waals surface area contributed by atoms with Crippen LogP contribution in [0.15, 0.2) is 54.6 Å². The number of amides is 2. The fourth-order valence-corrected chi connectivity index (χ4v) is 3.27. The number of hydrogen-bond donors (Lipinski definition) is 2. The van der Waals surface area contributed by atoms with E-state index in [1.54, 1.807) is 31.2 Å². The molecule has 0 fully saturated rings. The number of rotatable bonds is 7. The molecule has 0 aliphatic rings. The van der Waals surface area contributed by atoms with Gasteiger partial charge < -0.3 is 10.6 Å². The lowest BCUT2D eigenvalue weighted by molar-refractivity contribution is 0.0938. The van der Waals surface area contributed by atoms with Gasteiger partial charge >= 0.3 is 0 Å². The monoisotopic (exact) mass is 394 g/mol. The molecule has 1 aromatic heterocycles. The fourth-order valence-electron chi connectivity index (χ4n) is 2.68. The highest BCUT2D eigenvalue weighted by Crippen LogP contribution is 2.14. The normalized spacial score (nSPS) is 11.6. The number of aryl methyl sites for hydroxylation is 2. The highest BCUT2D eigenvalue weighted by Gasteiger charge is 2.13. The Bertz CT molecular complexity index is 939. The molecule has 2 aromatic carbocycles. The van der Waals surface area contributed by atoms with Crippen molar-refractivity contribution in [1.82, 2.24) is 15.5 Å². The molecule has 0 aliphatic carbocycles. The summed E-state index contributed by atoms with van der Waals surface area (Å²) in [7, 11) is 0. The van der Waals surface area contributed by atoms with Crippen LogP contribution >= 0.6 is 11.3 Å². The van der Waals surface area contributed by atoms with E-state index in [1.165, 1.54) is 16.9 Å². The van der Waals surface area contributed by atoms with Crippen LogP contribution < -0.4 is 10.6 Å². The molecule has 3 rings (SSSR count). The molecule has 3 aromatic rings. The van der Waals surface area contributed by atoms with Gasteiger partial charge in [0.15, 0.2) is 0 Å². The van der Waals surface area contributed by atoms with Crippen molar-refractivity contribution in [3.63, 3.8) is 0 Å². The predicted octanol–water partition coefficient (Wildman–Crippen LogP) is 3.85. The van der Waals surface area contributed by atoms with Gasteiger partial charge in [-0.1, -0.05) is 41.7 Å². The highest BCUT2D eigenvalue weighted by molar-refractivity contribution is 7.13. The summed E-state index contributed by atoms with van der Waals surface area (Å²) in [5.41, 5.74) is 2.41. The van der Waals surface area contributed by atoms with Crippen LogP contribution in [0, 0.1) is 6.92 Å². The van der Waals surface area contributed by atoms with Gasteiger partial charge in [-0.3, -0.25) is 9.59 Å². The van der Waals surface area contributed by atoms with Gasteiger partial charge in [0.25, 0.3) is 11.8 Å². The van der Waals surface area contributed by atoms with E-state index in [0.29, 0.717) is 16.3 Å². The summed E-state index contributed by atoms with van der Waals surface area (Å²) in [5.74, 6) is -0.435. The van der Waals surface area contributed by atoms with Crippen molar-refractivity contribution >= 4 is 28.8 Å². The summed E-state index contributed by atoms with van der Waals surface area (Å²) in [6, 6.07) is 17.1. The Kier molecular flexibility index (Phi) is 6.49. The third-order valence-electron chi connectivity index (χ3n) is 4.21. The second-order valence-electron chi connectivity index (χ2n) is 6.56. The molecule has 0 saturated heterocycles. The van der Waals surface area contributed by atoms with E-state index in [4.69, 9.17) is 0 Å². The summed E-state index contributed by atoms with van der Waals surface area (Å²) < 4.78 is 0. The minimum atomic E-state index is -0.308.